The van der Waals surface area contributed by atoms with Gasteiger partial charge in [0, 0.05) is 37.1 Å². The molecular formula is C18H32N2O3. The lowest BCUT2D eigenvalue weighted by atomic mass is 9.84. The predicted molar refractivity (Wildman–Crippen MR) is 89.7 cm³/mol. The fourth-order valence-corrected chi connectivity index (χ4v) is 3.77. The van der Waals surface area contributed by atoms with Crippen LogP contribution in [-0.2, 0) is 9.59 Å². The van der Waals surface area contributed by atoms with Crippen LogP contribution >= 0.6 is 0 Å². The molecule has 23 heavy (non-hydrogen) atoms. The first kappa shape index (κ1) is 18.2. The first-order chi connectivity index (χ1) is 10.8. The summed E-state index contributed by atoms with van der Waals surface area (Å²) < 4.78 is 0. The molecule has 1 heterocycles. The molecule has 1 aliphatic heterocycles. The van der Waals surface area contributed by atoms with Gasteiger partial charge in [-0.2, -0.15) is 0 Å². The van der Waals surface area contributed by atoms with Crippen molar-refractivity contribution in [2.75, 3.05) is 19.7 Å². The highest BCUT2D eigenvalue weighted by Crippen LogP contribution is 2.26. The van der Waals surface area contributed by atoms with E-state index >= 15 is 0 Å². The zero-order chi connectivity index (χ0) is 17.0. The maximum Gasteiger partial charge on any atom is 0.227 e. The van der Waals surface area contributed by atoms with E-state index in [-0.39, 0.29) is 36.3 Å². The molecule has 2 rings (SSSR count). The van der Waals surface area contributed by atoms with Gasteiger partial charge in [0.25, 0.3) is 0 Å². The highest BCUT2D eigenvalue weighted by molar-refractivity contribution is 5.84. The van der Waals surface area contributed by atoms with E-state index in [4.69, 9.17) is 0 Å². The third-order valence-corrected chi connectivity index (χ3v) is 5.19. The summed E-state index contributed by atoms with van der Waals surface area (Å²) in [5, 5.41) is 12.6. The normalized spacial score (nSPS) is 29.2. The highest BCUT2D eigenvalue weighted by atomic mass is 16.3. The number of amides is 2. The fourth-order valence-electron chi connectivity index (χ4n) is 3.77. The van der Waals surface area contributed by atoms with Crippen LogP contribution in [0.4, 0.5) is 0 Å². The van der Waals surface area contributed by atoms with Gasteiger partial charge in [0.15, 0.2) is 0 Å². The lowest BCUT2D eigenvalue weighted by Gasteiger charge is -2.37. The Kier molecular flexibility index (Phi) is 6.06. The van der Waals surface area contributed by atoms with Gasteiger partial charge in [-0.15, -0.1) is 0 Å². The molecule has 2 amide bonds. The maximum atomic E-state index is 12.6. The van der Waals surface area contributed by atoms with Crippen LogP contribution in [0.1, 0.15) is 59.3 Å². The summed E-state index contributed by atoms with van der Waals surface area (Å²) >= 11 is 0. The van der Waals surface area contributed by atoms with Crippen LogP contribution in [0.3, 0.4) is 0 Å². The number of nitrogens with zero attached hydrogens (tertiary/aromatic N) is 1. The molecule has 0 bridgehead atoms. The fraction of sp³-hybridized carbons (Fsp3) is 0.889. The van der Waals surface area contributed by atoms with E-state index in [0.29, 0.717) is 6.54 Å². The molecular weight excluding hydrogens is 292 g/mol. The molecule has 5 heteroatoms. The van der Waals surface area contributed by atoms with Crippen molar-refractivity contribution in [3.63, 3.8) is 0 Å². The maximum absolute atomic E-state index is 12.6. The monoisotopic (exact) mass is 324 g/mol. The molecule has 0 spiro atoms. The van der Waals surface area contributed by atoms with Crippen molar-refractivity contribution in [1.82, 2.24) is 10.2 Å². The molecule has 0 aromatic carbocycles. The standard InChI is InChI=1S/C18H32N2O3/c1-18(2,3)17(23)20-10-6-8-13(11-20)16(22)19-15-9-5-4-7-14(15)12-21/h13-15,21H,4-12H2,1-3H3,(H,19,22). The zero-order valence-electron chi connectivity index (χ0n) is 14.8. The molecule has 0 aromatic rings. The number of carbonyl (C=O) groups excluding carboxylic acids is 2. The molecule has 5 nitrogen and oxygen atoms in total. The molecule has 2 N–H and O–H groups in total. The molecule has 0 aromatic heterocycles. The lowest BCUT2D eigenvalue weighted by Crippen LogP contribution is -2.51. The summed E-state index contributed by atoms with van der Waals surface area (Å²) in [6.07, 6.45) is 5.91. The Morgan fingerprint density at radius 1 is 1.13 bits per heavy atom. The minimum absolute atomic E-state index is 0.0572. The Balaban J connectivity index is 1.92. The third-order valence-electron chi connectivity index (χ3n) is 5.19. The second-order valence-corrected chi connectivity index (χ2v) is 8.18. The van der Waals surface area contributed by atoms with E-state index in [1.165, 1.54) is 0 Å². The van der Waals surface area contributed by atoms with Gasteiger partial charge in [0.1, 0.15) is 0 Å². The number of hydrogen-bond donors (Lipinski definition) is 2. The van der Waals surface area contributed by atoms with Crippen LogP contribution in [0.25, 0.3) is 0 Å². The van der Waals surface area contributed by atoms with Crippen molar-refractivity contribution >= 4 is 11.8 Å². The van der Waals surface area contributed by atoms with E-state index in [2.05, 4.69) is 5.32 Å². The molecule has 2 fully saturated rings. The Bertz CT molecular complexity index is 430. The smallest absolute Gasteiger partial charge is 0.227 e. The average Bonchev–Trinajstić information content (AvgIpc) is 2.54. The second kappa shape index (κ2) is 7.65. The van der Waals surface area contributed by atoms with Crippen LogP contribution in [0, 0.1) is 17.3 Å². The van der Waals surface area contributed by atoms with Crippen LogP contribution in [0.2, 0.25) is 0 Å². The first-order valence-electron chi connectivity index (χ1n) is 9.03. The molecule has 3 atom stereocenters. The number of likely N-dealkylation sites (tertiary alicyclic amines) is 1. The van der Waals surface area contributed by atoms with Gasteiger partial charge in [-0.3, -0.25) is 9.59 Å². The van der Waals surface area contributed by atoms with E-state index in [9.17, 15) is 14.7 Å². The largest absolute Gasteiger partial charge is 0.396 e. The molecule has 3 unspecified atom stereocenters. The van der Waals surface area contributed by atoms with Crippen LogP contribution in [0.15, 0.2) is 0 Å². The summed E-state index contributed by atoms with van der Waals surface area (Å²) in [4.78, 5) is 26.9. The van der Waals surface area contributed by atoms with Crippen molar-refractivity contribution in [3.05, 3.63) is 0 Å². The molecule has 1 saturated carbocycles. The predicted octanol–water partition coefficient (Wildman–Crippen LogP) is 1.94. The number of piperidine rings is 1. The van der Waals surface area contributed by atoms with E-state index in [1.807, 2.05) is 25.7 Å². The Labute approximate surface area is 139 Å². The number of aliphatic hydroxyl groups excluding tert-OH is 1. The van der Waals surface area contributed by atoms with Crippen molar-refractivity contribution in [3.8, 4) is 0 Å². The third kappa shape index (κ3) is 4.69. The SMILES string of the molecule is CC(C)(C)C(=O)N1CCCC(C(=O)NC2CCCCC2CO)C1. The minimum Gasteiger partial charge on any atom is -0.396 e. The molecule has 132 valence electrons. The molecule has 1 saturated heterocycles. The van der Waals surface area contributed by atoms with Crippen LogP contribution in [-0.4, -0.2) is 47.6 Å². The Morgan fingerprint density at radius 3 is 2.48 bits per heavy atom. The highest BCUT2D eigenvalue weighted by Gasteiger charge is 2.35. The van der Waals surface area contributed by atoms with Gasteiger partial charge in [-0.1, -0.05) is 33.6 Å². The topological polar surface area (TPSA) is 69.6 Å². The molecule has 1 aliphatic carbocycles. The van der Waals surface area contributed by atoms with Crippen molar-refractivity contribution in [2.24, 2.45) is 17.3 Å². The van der Waals surface area contributed by atoms with Gasteiger partial charge in [-0.25, -0.2) is 0 Å². The summed E-state index contributed by atoms with van der Waals surface area (Å²) in [5.41, 5.74) is -0.399. The lowest BCUT2D eigenvalue weighted by molar-refractivity contribution is -0.143. The van der Waals surface area contributed by atoms with Gasteiger partial charge in [0.05, 0.1) is 5.92 Å². The van der Waals surface area contributed by atoms with E-state index < -0.39 is 5.41 Å². The van der Waals surface area contributed by atoms with E-state index in [1.54, 1.807) is 0 Å². The van der Waals surface area contributed by atoms with Crippen molar-refractivity contribution in [2.45, 2.75) is 65.3 Å². The second-order valence-electron chi connectivity index (χ2n) is 8.18. The number of rotatable bonds is 3. The Hall–Kier alpha value is -1.10. The van der Waals surface area contributed by atoms with Gasteiger partial charge in [0.2, 0.25) is 11.8 Å². The zero-order valence-corrected chi connectivity index (χ0v) is 14.8. The van der Waals surface area contributed by atoms with Gasteiger partial charge >= 0.3 is 0 Å². The van der Waals surface area contributed by atoms with Crippen molar-refractivity contribution in [1.29, 1.82) is 0 Å². The molecule has 2 aliphatic rings. The summed E-state index contributed by atoms with van der Waals surface area (Å²) in [5.74, 6) is 0.252. The van der Waals surface area contributed by atoms with Gasteiger partial charge in [-0.05, 0) is 25.7 Å². The van der Waals surface area contributed by atoms with Crippen LogP contribution in [0.5, 0.6) is 0 Å². The number of aliphatic hydroxyl groups is 1. The average molecular weight is 324 g/mol. The van der Waals surface area contributed by atoms with Crippen LogP contribution < -0.4 is 5.32 Å². The molecule has 0 radical (unpaired) electrons. The summed E-state index contributed by atoms with van der Waals surface area (Å²) in [6.45, 7) is 7.19. The Morgan fingerprint density at radius 2 is 1.83 bits per heavy atom. The number of nitrogens with one attached hydrogen (secondary N) is 1. The summed E-state index contributed by atoms with van der Waals surface area (Å²) in [6, 6.07) is 0.0925. The van der Waals surface area contributed by atoms with Crippen molar-refractivity contribution < 1.29 is 14.7 Å². The minimum atomic E-state index is -0.399. The summed E-state index contributed by atoms with van der Waals surface area (Å²) in [7, 11) is 0. The number of carbonyl (C=O) groups is 2. The number of hydrogen-bond acceptors (Lipinski definition) is 3. The van der Waals surface area contributed by atoms with Gasteiger partial charge < -0.3 is 15.3 Å². The van der Waals surface area contributed by atoms with E-state index in [0.717, 1.165) is 45.1 Å². The first-order valence-corrected chi connectivity index (χ1v) is 9.03. The quantitative estimate of drug-likeness (QED) is 0.833.